The summed E-state index contributed by atoms with van der Waals surface area (Å²) in [7, 11) is -6.75. The largest absolute Gasteiger partial charge is 0.243 e. The lowest BCUT2D eigenvalue weighted by Crippen LogP contribution is -2.42. The highest BCUT2D eigenvalue weighted by Crippen LogP contribution is 2.37. The molecule has 0 bridgehead atoms. The van der Waals surface area contributed by atoms with Crippen molar-refractivity contribution in [2.45, 2.75) is 50.1 Å². The Bertz CT molecular complexity index is 795. The molecule has 1 atom stereocenters. The predicted molar refractivity (Wildman–Crippen MR) is 85.0 cm³/mol. The quantitative estimate of drug-likeness (QED) is 0.833. The highest BCUT2D eigenvalue weighted by atomic mass is 32.2. The Kier molecular flexibility index (Phi) is 3.86. The van der Waals surface area contributed by atoms with Crippen LogP contribution in [0.4, 0.5) is 0 Å². The minimum atomic E-state index is -3.64. The fraction of sp³-hybridized carbons (Fsp3) is 0.600. The van der Waals surface area contributed by atoms with Crippen molar-refractivity contribution in [2.75, 3.05) is 11.5 Å². The predicted octanol–water partition coefficient (Wildman–Crippen LogP) is 1.64. The van der Waals surface area contributed by atoms with Crippen LogP contribution >= 0.6 is 0 Å². The molecule has 0 amide bonds. The highest BCUT2D eigenvalue weighted by molar-refractivity contribution is 7.92. The van der Waals surface area contributed by atoms with Gasteiger partial charge in [0.2, 0.25) is 10.0 Å². The Morgan fingerprint density at radius 2 is 1.73 bits per heavy atom. The Hall–Kier alpha value is -0.920. The molecular weight excluding hydrogens is 322 g/mol. The molecule has 0 unspecified atom stereocenters. The second-order valence-corrected chi connectivity index (χ2v) is 10.4. The van der Waals surface area contributed by atoms with Crippen molar-refractivity contribution >= 4 is 19.9 Å². The minimum Gasteiger partial charge on any atom is -0.229 e. The molecule has 0 radical (unpaired) electrons. The van der Waals surface area contributed by atoms with E-state index in [1.807, 2.05) is 13.8 Å². The maximum Gasteiger partial charge on any atom is 0.243 e. The van der Waals surface area contributed by atoms with Gasteiger partial charge in [-0.05, 0) is 56.4 Å². The van der Waals surface area contributed by atoms with Gasteiger partial charge in [0.15, 0.2) is 9.84 Å². The summed E-state index contributed by atoms with van der Waals surface area (Å²) in [5, 5.41) is 0. The molecule has 0 N–H and O–H groups in total. The molecule has 22 heavy (non-hydrogen) atoms. The monoisotopic (exact) mass is 343 g/mol. The van der Waals surface area contributed by atoms with Gasteiger partial charge in [-0.15, -0.1) is 0 Å². The molecule has 5 nitrogen and oxygen atoms in total. The molecule has 1 aromatic rings. The first kappa shape index (κ1) is 16.0. The van der Waals surface area contributed by atoms with E-state index in [2.05, 4.69) is 0 Å². The molecule has 122 valence electrons. The first-order chi connectivity index (χ1) is 10.2. The van der Waals surface area contributed by atoms with E-state index in [-0.39, 0.29) is 22.4 Å². The molecule has 1 aliphatic carbocycles. The topological polar surface area (TPSA) is 71.5 Å². The summed E-state index contributed by atoms with van der Waals surface area (Å²) in [6.07, 6.45) is 2.05. The second kappa shape index (κ2) is 5.32. The van der Waals surface area contributed by atoms with E-state index in [4.69, 9.17) is 0 Å². The summed E-state index contributed by atoms with van der Waals surface area (Å²) in [5.41, 5.74) is 1.97. The molecule has 1 saturated carbocycles. The Morgan fingerprint density at radius 3 is 2.23 bits per heavy atom. The van der Waals surface area contributed by atoms with E-state index in [0.717, 1.165) is 24.0 Å². The number of benzene rings is 1. The van der Waals surface area contributed by atoms with Gasteiger partial charge in [0.1, 0.15) is 0 Å². The Labute approximate surface area is 132 Å². The fourth-order valence-electron chi connectivity index (χ4n) is 2.99. The average molecular weight is 343 g/mol. The molecule has 1 saturated heterocycles. The van der Waals surface area contributed by atoms with Gasteiger partial charge in [0.05, 0.1) is 16.4 Å². The molecule has 7 heteroatoms. The first-order valence-corrected chi connectivity index (χ1v) is 10.8. The van der Waals surface area contributed by atoms with Crippen molar-refractivity contribution in [2.24, 2.45) is 0 Å². The third kappa shape index (κ3) is 2.94. The van der Waals surface area contributed by atoms with Crippen molar-refractivity contribution < 1.29 is 16.8 Å². The third-order valence-corrected chi connectivity index (χ3v) is 8.28. The number of nitrogens with zero attached hydrogens (tertiary/aromatic N) is 1. The Balaban J connectivity index is 1.98. The van der Waals surface area contributed by atoms with E-state index in [1.54, 1.807) is 18.2 Å². The molecule has 2 aliphatic rings. The molecule has 0 aromatic heterocycles. The summed E-state index contributed by atoms with van der Waals surface area (Å²) in [6.45, 7) is 3.82. The van der Waals surface area contributed by atoms with Crippen LogP contribution in [-0.2, 0) is 19.9 Å². The van der Waals surface area contributed by atoms with Gasteiger partial charge in [0, 0.05) is 12.1 Å². The lowest BCUT2D eigenvalue weighted by molar-refractivity contribution is 0.332. The maximum absolute atomic E-state index is 13.0. The van der Waals surface area contributed by atoms with Crippen LogP contribution in [0.3, 0.4) is 0 Å². The number of sulfonamides is 1. The van der Waals surface area contributed by atoms with E-state index < -0.39 is 25.9 Å². The van der Waals surface area contributed by atoms with Crippen LogP contribution in [-0.4, -0.2) is 44.7 Å². The van der Waals surface area contributed by atoms with Crippen molar-refractivity contribution in [3.8, 4) is 0 Å². The van der Waals surface area contributed by atoms with Crippen molar-refractivity contribution in [1.82, 2.24) is 4.31 Å². The standard InChI is InChI=1S/C15H21NO4S2/c1-11-3-6-15(9-12(11)2)22(19,20)16(13-4-5-13)14-7-8-21(17,18)10-14/h3,6,9,13-14H,4-5,7-8,10H2,1-2H3/t14-/m0/s1. The smallest absolute Gasteiger partial charge is 0.229 e. The number of sulfone groups is 1. The zero-order chi connectivity index (χ0) is 16.1. The molecular formula is C15H21NO4S2. The minimum absolute atomic E-state index is 0.0371. The summed E-state index contributed by atoms with van der Waals surface area (Å²) >= 11 is 0. The van der Waals surface area contributed by atoms with E-state index >= 15 is 0 Å². The molecule has 2 fully saturated rings. The van der Waals surface area contributed by atoms with E-state index in [9.17, 15) is 16.8 Å². The summed E-state index contributed by atoms with van der Waals surface area (Å²) in [5.74, 6) is 0.0386. The maximum atomic E-state index is 13.0. The number of hydrogen-bond acceptors (Lipinski definition) is 4. The third-order valence-electron chi connectivity index (χ3n) is 4.53. The summed E-state index contributed by atoms with van der Waals surface area (Å²) in [4.78, 5) is 0.270. The molecule has 1 aliphatic heterocycles. The van der Waals surface area contributed by atoms with Gasteiger partial charge in [-0.2, -0.15) is 4.31 Å². The van der Waals surface area contributed by atoms with Crippen molar-refractivity contribution in [1.29, 1.82) is 0 Å². The molecule has 0 spiro atoms. The van der Waals surface area contributed by atoms with Gasteiger partial charge in [0.25, 0.3) is 0 Å². The van der Waals surface area contributed by atoms with Crippen LogP contribution in [0, 0.1) is 13.8 Å². The van der Waals surface area contributed by atoms with Crippen LogP contribution in [0.5, 0.6) is 0 Å². The first-order valence-electron chi connectivity index (χ1n) is 7.52. The average Bonchev–Trinajstić information content (AvgIpc) is 3.17. The van der Waals surface area contributed by atoms with Gasteiger partial charge < -0.3 is 0 Å². The zero-order valence-electron chi connectivity index (χ0n) is 12.8. The fourth-order valence-corrected chi connectivity index (χ4v) is 6.78. The van der Waals surface area contributed by atoms with Crippen LogP contribution in [0.25, 0.3) is 0 Å². The van der Waals surface area contributed by atoms with Crippen molar-refractivity contribution in [3.63, 3.8) is 0 Å². The van der Waals surface area contributed by atoms with Gasteiger partial charge in [-0.25, -0.2) is 16.8 Å². The van der Waals surface area contributed by atoms with Gasteiger partial charge in [-0.3, -0.25) is 0 Å². The summed E-state index contributed by atoms with van der Waals surface area (Å²) < 4.78 is 50.9. The second-order valence-electron chi connectivity index (χ2n) is 6.37. The van der Waals surface area contributed by atoms with Crippen molar-refractivity contribution in [3.05, 3.63) is 29.3 Å². The molecule has 3 rings (SSSR count). The lowest BCUT2D eigenvalue weighted by atomic mass is 10.1. The van der Waals surface area contributed by atoms with Gasteiger partial charge >= 0.3 is 0 Å². The van der Waals surface area contributed by atoms with Crippen LogP contribution in [0.15, 0.2) is 23.1 Å². The highest BCUT2D eigenvalue weighted by Gasteiger charge is 2.46. The number of rotatable bonds is 4. The number of aryl methyl sites for hydroxylation is 2. The molecule has 1 heterocycles. The van der Waals surface area contributed by atoms with Crippen LogP contribution < -0.4 is 0 Å². The lowest BCUT2D eigenvalue weighted by Gasteiger charge is -2.27. The Morgan fingerprint density at radius 1 is 1.05 bits per heavy atom. The van der Waals surface area contributed by atoms with Crippen LogP contribution in [0.2, 0.25) is 0 Å². The van der Waals surface area contributed by atoms with Gasteiger partial charge in [-0.1, -0.05) is 6.07 Å². The van der Waals surface area contributed by atoms with Crippen LogP contribution in [0.1, 0.15) is 30.4 Å². The van der Waals surface area contributed by atoms with E-state index in [1.165, 1.54) is 4.31 Å². The summed E-state index contributed by atoms with van der Waals surface area (Å²) in [6, 6.07) is 4.66. The number of hydrogen-bond donors (Lipinski definition) is 0. The SMILES string of the molecule is Cc1ccc(S(=O)(=O)N(C2CC2)[C@H]2CCS(=O)(=O)C2)cc1C. The zero-order valence-corrected chi connectivity index (χ0v) is 14.5. The van der Waals surface area contributed by atoms with E-state index in [0.29, 0.717) is 6.42 Å². The normalized spacial score (nSPS) is 24.8. The molecule has 1 aromatic carbocycles.